The van der Waals surface area contributed by atoms with Gasteiger partial charge < -0.3 is 10.6 Å². The first-order valence-electron chi connectivity index (χ1n) is 9.78. The molecule has 0 saturated heterocycles. The highest BCUT2D eigenvalue weighted by atomic mass is 16.2. The van der Waals surface area contributed by atoms with E-state index in [4.69, 9.17) is 0 Å². The lowest BCUT2D eigenvalue weighted by Crippen LogP contribution is -2.15. The number of nitrogens with one attached hydrogen (secondary N) is 2. The van der Waals surface area contributed by atoms with Crippen LogP contribution < -0.4 is 10.6 Å². The molecule has 7 nitrogen and oxygen atoms in total. The van der Waals surface area contributed by atoms with Crippen LogP contribution in [0.15, 0.2) is 78.9 Å². The zero-order chi connectivity index (χ0) is 21.8. The van der Waals surface area contributed by atoms with Crippen molar-refractivity contribution < 1.29 is 9.59 Å². The zero-order valence-electron chi connectivity index (χ0n) is 17.2. The number of carbonyl (C=O) groups is 2. The van der Waals surface area contributed by atoms with Crippen LogP contribution in [0.3, 0.4) is 0 Å². The van der Waals surface area contributed by atoms with Crippen molar-refractivity contribution in [1.29, 1.82) is 0 Å². The Morgan fingerprint density at radius 1 is 0.774 bits per heavy atom. The van der Waals surface area contributed by atoms with Crippen molar-refractivity contribution in [1.82, 2.24) is 15.0 Å². The molecular formula is C24H21N5O2. The summed E-state index contributed by atoms with van der Waals surface area (Å²) in [5.74, 6) is -0.594. The lowest BCUT2D eigenvalue weighted by molar-refractivity contribution is 0.101. The minimum atomic E-state index is -0.373. The van der Waals surface area contributed by atoms with Crippen LogP contribution in [0.5, 0.6) is 0 Å². The number of anilines is 2. The van der Waals surface area contributed by atoms with Gasteiger partial charge in [0.2, 0.25) is 0 Å². The highest BCUT2D eigenvalue weighted by Gasteiger charge is 2.18. The Hall–Kier alpha value is -4.26. The third kappa shape index (κ3) is 4.51. The Morgan fingerprint density at radius 2 is 1.42 bits per heavy atom. The van der Waals surface area contributed by atoms with Gasteiger partial charge in [0.05, 0.1) is 11.4 Å². The molecule has 3 aromatic carbocycles. The van der Waals surface area contributed by atoms with Gasteiger partial charge in [-0.1, -0.05) is 47.2 Å². The second-order valence-electron chi connectivity index (χ2n) is 7.13. The van der Waals surface area contributed by atoms with Crippen LogP contribution in [-0.4, -0.2) is 26.8 Å². The van der Waals surface area contributed by atoms with Crippen molar-refractivity contribution in [2.24, 2.45) is 0 Å². The summed E-state index contributed by atoms with van der Waals surface area (Å²) in [6.07, 6.45) is 0. The van der Waals surface area contributed by atoms with Gasteiger partial charge in [-0.2, -0.15) is 0 Å². The summed E-state index contributed by atoms with van der Waals surface area (Å²) in [6, 6.07) is 23.7. The number of hydrogen-bond donors (Lipinski definition) is 2. The highest BCUT2D eigenvalue weighted by Crippen LogP contribution is 2.18. The Morgan fingerprint density at radius 3 is 2.10 bits per heavy atom. The first kappa shape index (κ1) is 20.0. The van der Waals surface area contributed by atoms with Crippen molar-refractivity contribution in [3.63, 3.8) is 0 Å². The van der Waals surface area contributed by atoms with Crippen LogP contribution in [-0.2, 0) is 0 Å². The van der Waals surface area contributed by atoms with E-state index < -0.39 is 0 Å². The van der Waals surface area contributed by atoms with E-state index in [1.807, 2.05) is 37.3 Å². The molecule has 31 heavy (non-hydrogen) atoms. The fourth-order valence-corrected chi connectivity index (χ4v) is 3.13. The topological polar surface area (TPSA) is 88.9 Å². The molecule has 154 valence electrons. The quantitative estimate of drug-likeness (QED) is 0.510. The minimum Gasteiger partial charge on any atom is -0.322 e. The Labute approximate surface area is 179 Å². The molecule has 1 heterocycles. The Bertz CT molecular complexity index is 1230. The van der Waals surface area contributed by atoms with E-state index in [0.29, 0.717) is 22.6 Å². The summed E-state index contributed by atoms with van der Waals surface area (Å²) in [7, 11) is 0. The molecule has 0 fully saturated rings. The second-order valence-corrected chi connectivity index (χ2v) is 7.13. The summed E-state index contributed by atoms with van der Waals surface area (Å²) in [5.41, 5.74) is 4.51. The number of aromatic nitrogens is 3. The molecule has 0 unspecified atom stereocenters. The van der Waals surface area contributed by atoms with Crippen LogP contribution in [0.1, 0.15) is 32.1 Å². The van der Waals surface area contributed by atoms with Gasteiger partial charge in [0.1, 0.15) is 0 Å². The van der Waals surface area contributed by atoms with Gasteiger partial charge in [0.15, 0.2) is 5.69 Å². The third-order valence-electron chi connectivity index (χ3n) is 4.80. The van der Waals surface area contributed by atoms with E-state index in [2.05, 4.69) is 20.9 Å². The highest BCUT2D eigenvalue weighted by molar-refractivity contribution is 6.06. The van der Waals surface area contributed by atoms with E-state index in [1.54, 1.807) is 60.1 Å². The number of hydrogen-bond acceptors (Lipinski definition) is 4. The van der Waals surface area contributed by atoms with Crippen molar-refractivity contribution in [2.75, 3.05) is 10.6 Å². The number of rotatable bonds is 5. The summed E-state index contributed by atoms with van der Waals surface area (Å²) < 4.78 is 1.63. The molecule has 0 spiro atoms. The molecule has 4 aromatic rings. The average Bonchev–Trinajstić information content (AvgIpc) is 3.16. The number of benzene rings is 3. The fraction of sp³-hybridized carbons (Fsp3) is 0.0833. The molecule has 4 rings (SSSR count). The minimum absolute atomic E-state index is 0.221. The predicted molar refractivity (Wildman–Crippen MR) is 120 cm³/mol. The standard InChI is InChI=1S/C24H21N5O2/c1-16-11-13-21(14-12-16)29-17(2)22(27-28-29)24(31)26-20-10-6-9-19(15-20)25-23(30)18-7-4-3-5-8-18/h3-15H,1-2H3,(H,25,30)(H,26,31). The molecule has 2 N–H and O–H groups in total. The molecule has 0 atom stereocenters. The SMILES string of the molecule is Cc1ccc(-n2nnc(C(=O)Nc3cccc(NC(=O)c4ccccc4)c3)c2C)cc1. The van der Waals surface area contributed by atoms with Crippen molar-refractivity contribution >= 4 is 23.2 Å². The summed E-state index contributed by atoms with van der Waals surface area (Å²) in [4.78, 5) is 25.1. The van der Waals surface area contributed by atoms with Gasteiger partial charge in [0.25, 0.3) is 11.8 Å². The van der Waals surface area contributed by atoms with E-state index in [0.717, 1.165) is 11.3 Å². The second kappa shape index (κ2) is 8.62. The monoisotopic (exact) mass is 411 g/mol. The maximum absolute atomic E-state index is 12.8. The predicted octanol–water partition coefficient (Wildman–Crippen LogP) is 4.39. The van der Waals surface area contributed by atoms with Gasteiger partial charge in [-0.15, -0.1) is 5.10 Å². The number of nitrogens with zero attached hydrogens (tertiary/aromatic N) is 3. The summed E-state index contributed by atoms with van der Waals surface area (Å²) in [6.45, 7) is 3.80. The maximum Gasteiger partial charge on any atom is 0.278 e. The number of aryl methyl sites for hydroxylation is 1. The molecule has 0 bridgehead atoms. The molecule has 0 aliphatic heterocycles. The van der Waals surface area contributed by atoms with Gasteiger partial charge in [-0.3, -0.25) is 9.59 Å². The van der Waals surface area contributed by atoms with Gasteiger partial charge in [0, 0.05) is 16.9 Å². The van der Waals surface area contributed by atoms with Gasteiger partial charge >= 0.3 is 0 Å². The Balaban J connectivity index is 1.49. The van der Waals surface area contributed by atoms with Gasteiger partial charge in [-0.05, 0) is 56.3 Å². The smallest absolute Gasteiger partial charge is 0.278 e. The molecule has 7 heteroatoms. The zero-order valence-corrected chi connectivity index (χ0v) is 17.2. The number of amides is 2. The van der Waals surface area contributed by atoms with Crippen LogP contribution in [0.25, 0.3) is 5.69 Å². The number of carbonyl (C=O) groups excluding carboxylic acids is 2. The largest absolute Gasteiger partial charge is 0.322 e. The average molecular weight is 411 g/mol. The van der Waals surface area contributed by atoms with E-state index in [9.17, 15) is 9.59 Å². The van der Waals surface area contributed by atoms with Crippen LogP contribution in [0.4, 0.5) is 11.4 Å². The first-order valence-corrected chi connectivity index (χ1v) is 9.78. The fourth-order valence-electron chi connectivity index (χ4n) is 3.13. The first-order chi connectivity index (χ1) is 15.0. The lowest BCUT2D eigenvalue weighted by Gasteiger charge is -2.09. The molecule has 0 radical (unpaired) electrons. The molecule has 0 aliphatic rings. The van der Waals surface area contributed by atoms with E-state index in [1.165, 1.54) is 0 Å². The molecule has 0 aliphatic carbocycles. The van der Waals surface area contributed by atoms with E-state index in [-0.39, 0.29) is 17.5 Å². The normalized spacial score (nSPS) is 10.5. The lowest BCUT2D eigenvalue weighted by atomic mass is 10.2. The molecule has 1 aromatic heterocycles. The van der Waals surface area contributed by atoms with Crippen molar-refractivity contribution in [3.8, 4) is 5.69 Å². The van der Waals surface area contributed by atoms with Crippen LogP contribution in [0.2, 0.25) is 0 Å². The van der Waals surface area contributed by atoms with Crippen LogP contribution in [0, 0.1) is 13.8 Å². The summed E-state index contributed by atoms with van der Waals surface area (Å²) in [5, 5.41) is 13.8. The molecule has 0 saturated carbocycles. The molecule has 2 amide bonds. The maximum atomic E-state index is 12.8. The van der Waals surface area contributed by atoms with Crippen LogP contribution >= 0.6 is 0 Å². The van der Waals surface area contributed by atoms with Crippen molar-refractivity contribution in [2.45, 2.75) is 13.8 Å². The third-order valence-corrected chi connectivity index (χ3v) is 4.80. The molecular weight excluding hydrogens is 390 g/mol. The summed E-state index contributed by atoms with van der Waals surface area (Å²) >= 11 is 0. The Kier molecular flexibility index (Phi) is 5.57. The van der Waals surface area contributed by atoms with Crippen molar-refractivity contribution in [3.05, 3.63) is 101 Å². The van der Waals surface area contributed by atoms with Gasteiger partial charge in [-0.25, -0.2) is 4.68 Å². The van der Waals surface area contributed by atoms with E-state index >= 15 is 0 Å².